The van der Waals surface area contributed by atoms with Crippen LogP contribution in [0.1, 0.15) is 12.5 Å². The van der Waals surface area contributed by atoms with Crippen molar-refractivity contribution in [2.75, 3.05) is 14.1 Å². The predicted octanol–water partition coefficient (Wildman–Crippen LogP) is 3.38. The number of rotatable bonds is 3. The topological polar surface area (TPSA) is 8.17 Å². The van der Waals surface area contributed by atoms with E-state index >= 15 is 0 Å². The van der Waals surface area contributed by atoms with Gasteiger partial charge in [-0.1, -0.05) is 17.7 Å². The maximum absolute atomic E-state index is 6.28. The van der Waals surface area contributed by atoms with Crippen molar-refractivity contribution < 1.29 is 0 Å². The molecule has 0 radical (unpaired) electrons. The summed E-state index contributed by atoms with van der Waals surface area (Å²) in [4.78, 5) is 2.16. The first-order valence-electron chi connectivity index (χ1n) is 5.54. The molecule has 2 rings (SSSR count). The minimum Gasteiger partial charge on any atom is -0.347 e. The Morgan fingerprint density at radius 3 is 2.69 bits per heavy atom. The molecule has 0 spiro atoms. The maximum Gasteiger partial charge on any atom is 0.0503 e. The van der Waals surface area contributed by atoms with Gasteiger partial charge in [-0.3, -0.25) is 0 Å². The molecule has 2 aromatic rings. The van der Waals surface area contributed by atoms with Gasteiger partial charge in [-0.15, -0.1) is 0 Å². The third-order valence-electron chi connectivity index (χ3n) is 2.76. The minimum absolute atomic E-state index is 0.849. The van der Waals surface area contributed by atoms with Gasteiger partial charge in [0.1, 0.15) is 0 Å². The van der Waals surface area contributed by atoms with E-state index < -0.39 is 0 Å². The summed E-state index contributed by atoms with van der Waals surface area (Å²) in [6.07, 6.45) is 2.20. The Bertz CT molecular complexity index is 500. The molecule has 3 heteroatoms. The SMILES string of the molecule is CCn1cc(CN(C)C)c2c(Cl)cccc21. The summed E-state index contributed by atoms with van der Waals surface area (Å²) in [5.41, 5.74) is 2.53. The highest BCUT2D eigenvalue weighted by atomic mass is 35.5. The van der Waals surface area contributed by atoms with Gasteiger partial charge in [0.15, 0.2) is 0 Å². The lowest BCUT2D eigenvalue weighted by molar-refractivity contribution is 0.403. The molecule has 1 heterocycles. The molecule has 16 heavy (non-hydrogen) atoms. The van der Waals surface area contributed by atoms with Crippen molar-refractivity contribution in [3.63, 3.8) is 0 Å². The Kier molecular flexibility index (Phi) is 3.22. The molecule has 0 aliphatic rings. The van der Waals surface area contributed by atoms with Crippen molar-refractivity contribution in [3.05, 3.63) is 35.0 Å². The molecule has 2 nitrogen and oxygen atoms in total. The second-order valence-corrected chi connectivity index (χ2v) is 4.72. The highest BCUT2D eigenvalue weighted by Gasteiger charge is 2.10. The second kappa shape index (κ2) is 4.48. The standard InChI is InChI=1S/C13H17ClN2/c1-4-16-9-10(8-15(2)3)13-11(14)6-5-7-12(13)16/h5-7,9H,4,8H2,1-3H3. The fourth-order valence-corrected chi connectivity index (χ4v) is 2.41. The van der Waals surface area contributed by atoms with Crippen LogP contribution in [0.15, 0.2) is 24.4 Å². The first kappa shape index (κ1) is 11.5. The number of halogens is 1. The minimum atomic E-state index is 0.849. The molecule has 0 aliphatic heterocycles. The van der Waals surface area contributed by atoms with Crippen LogP contribution in [0, 0.1) is 0 Å². The second-order valence-electron chi connectivity index (χ2n) is 4.31. The molecule has 0 saturated carbocycles. The predicted molar refractivity (Wildman–Crippen MR) is 70.0 cm³/mol. The normalized spacial score (nSPS) is 11.6. The summed E-state index contributed by atoms with van der Waals surface area (Å²) >= 11 is 6.28. The van der Waals surface area contributed by atoms with E-state index in [0.29, 0.717) is 0 Å². The number of fused-ring (bicyclic) bond motifs is 1. The molecule has 1 aromatic carbocycles. The average Bonchev–Trinajstić information content (AvgIpc) is 2.57. The van der Waals surface area contributed by atoms with E-state index in [1.807, 2.05) is 12.1 Å². The van der Waals surface area contributed by atoms with E-state index in [1.165, 1.54) is 16.5 Å². The molecular formula is C13H17ClN2. The van der Waals surface area contributed by atoms with Gasteiger partial charge in [-0.25, -0.2) is 0 Å². The Labute approximate surface area is 101 Å². The number of benzene rings is 1. The van der Waals surface area contributed by atoms with Crippen molar-refractivity contribution in [1.29, 1.82) is 0 Å². The van der Waals surface area contributed by atoms with Crippen LogP contribution in [-0.4, -0.2) is 23.6 Å². The molecule has 0 aliphatic carbocycles. The zero-order chi connectivity index (χ0) is 11.7. The van der Waals surface area contributed by atoms with Crippen LogP contribution in [0.5, 0.6) is 0 Å². The van der Waals surface area contributed by atoms with Crippen molar-refractivity contribution in [2.24, 2.45) is 0 Å². The molecule has 1 aromatic heterocycles. The van der Waals surface area contributed by atoms with Gasteiger partial charge in [0.25, 0.3) is 0 Å². The number of nitrogens with zero attached hydrogens (tertiary/aromatic N) is 2. The monoisotopic (exact) mass is 236 g/mol. The van der Waals surface area contributed by atoms with Crippen molar-refractivity contribution in [2.45, 2.75) is 20.0 Å². The van der Waals surface area contributed by atoms with E-state index in [0.717, 1.165) is 18.1 Å². The molecular weight excluding hydrogens is 220 g/mol. The molecule has 0 saturated heterocycles. The number of aryl methyl sites for hydroxylation is 1. The van der Waals surface area contributed by atoms with Gasteiger partial charge in [0.05, 0.1) is 5.02 Å². The van der Waals surface area contributed by atoms with Crippen LogP contribution >= 0.6 is 11.6 Å². The fourth-order valence-electron chi connectivity index (χ4n) is 2.11. The van der Waals surface area contributed by atoms with E-state index in [2.05, 4.69) is 42.7 Å². The molecule has 0 fully saturated rings. The van der Waals surface area contributed by atoms with Gasteiger partial charge in [0.2, 0.25) is 0 Å². The Hall–Kier alpha value is -0.990. The Morgan fingerprint density at radius 1 is 1.31 bits per heavy atom. The zero-order valence-electron chi connectivity index (χ0n) is 10.00. The number of hydrogen-bond acceptors (Lipinski definition) is 1. The smallest absolute Gasteiger partial charge is 0.0503 e. The highest BCUT2D eigenvalue weighted by Crippen LogP contribution is 2.29. The van der Waals surface area contributed by atoms with Crippen LogP contribution in [0.4, 0.5) is 0 Å². The highest BCUT2D eigenvalue weighted by molar-refractivity contribution is 6.35. The summed E-state index contributed by atoms with van der Waals surface area (Å²) in [5.74, 6) is 0. The zero-order valence-corrected chi connectivity index (χ0v) is 10.8. The van der Waals surface area contributed by atoms with Gasteiger partial charge < -0.3 is 9.47 Å². The maximum atomic E-state index is 6.28. The largest absolute Gasteiger partial charge is 0.347 e. The van der Waals surface area contributed by atoms with E-state index in [-0.39, 0.29) is 0 Å². The van der Waals surface area contributed by atoms with Crippen LogP contribution in [0.25, 0.3) is 10.9 Å². The Balaban J connectivity index is 2.64. The van der Waals surface area contributed by atoms with Crippen molar-refractivity contribution >= 4 is 22.5 Å². The van der Waals surface area contributed by atoms with Crippen LogP contribution in [0.2, 0.25) is 5.02 Å². The summed E-state index contributed by atoms with van der Waals surface area (Å²) in [6.45, 7) is 4.05. The van der Waals surface area contributed by atoms with Gasteiger partial charge in [0, 0.05) is 30.2 Å². The lowest BCUT2D eigenvalue weighted by Crippen LogP contribution is -2.10. The molecule has 0 N–H and O–H groups in total. The van der Waals surface area contributed by atoms with E-state index in [4.69, 9.17) is 11.6 Å². The van der Waals surface area contributed by atoms with Crippen LogP contribution in [0.3, 0.4) is 0 Å². The van der Waals surface area contributed by atoms with Crippen molar-refractivity contribution in [1.82, 2.24) is 9.47 Å². The van der Waals surface area contributed by atoms with Crippen molar-refractivity contribution in [3.8, 4) is 0 Å². The summed E-state index contributed by atoms with van der Waals surface area (Å²) in [6, 6.07) is 6.10. The van der Waals surface area contributed by atoms with E-state index in [1.54, 1.807) is 0 Å². The van der Waals surface area contributed by atoms with E-state index in [9.17, 15) is 0 Å². The fraction of sp³-hybridized carbons (Fsp3) is 0.385. The molecule has 0 bridgehead atoms. The number of aromatic nitrogens is 1. The van der Waals surface area contributed by atoms with Crippen LogP contribution < -0.4 is 0 Å². The summed E-state index contributed by atoms with van der Waals surface area (Å²) < 4.78 is 2.25. The lowest BCUT2D eigenvalue weighted by Gasteiger charge is -2.08. The Morgan fingerprint density at radius 2 is 2.06 bits per heavy atom. The van der Waals surface area contributed by atoms with Gasteiger partial charge >= 0.3 is 0 Å². The van der Waals surface area contributed by atoms with Gasteiger partial charge in [-0.2, -0.15) is 0 Å². The lowest BCUT2D eigenvalue weighted by atomic mass is 10.1. The third-order valence-corrected chi connectivity index (χ3v) is 3.08. The quantitative estimate of drug-likeness (QED) is 0.793. The summed E-state index contributed by atoms with van der Waals surface area (Å²) in [7, 11) is 4.15. The number of hydrogen-bond donors (Lipinski definition) is 0. The van der Waals surface area contributed by atoms with Gasteiger partial charge in [-0.05, 0) is 38.7 Å². The van der Waals surface area contributed by atoms with Crippen LogP contribution in [-0.2, 0) is 13.1 Å². The summed E-state index contributed by atoms with van der Waals surface area (Å²) in [5, 5.41) is 2.04. The third kappa shape index (κ3) is 1.95. The first-order chi connectivity index (χ1) is 7.63. The molecule has 0 unspecified atom stereocenters. The molecule has 86 valence electrons. The first-order valence-corrected chi connectivity index (χ1v) is 5.92. The molecule has 0 atom stereocenters. The molecule has 0 amide bonds. The average molecular weight is 237 g/mol.